The summed E-state index contributed by atoms with van der Waals surface area (Å²) in [5, 5.41) is 12.8. The highest BCUT2D eigenvalue weighted by Crippen LogP contribution is 2.31. The van der Waals surface area contributed by atoms with Gasteiger partial charge >= 0.3 is 0 Å². The molecule has 2 aromatic carbocycles. The maximum absolute atomic E-state index is 14.4. The minimum atomic E-state index is -0.202. The molecule has 0 unspecified atom stereocenters. The van der Waals surface area contributed by atoms with Crippen molar-refractivity contribution in [3.8, 4) is 17.6 Å². The number of nitrogens with one attached hydrogen (secondary N) is 1. The molecule has 0 bridgehead atoms. The molecule has 3 atom stereocenters. The molecule has 3 rings (SSSR count). The second-order valence-corrected chi connectivity index (χ2v) is 8.40. The van der Waals surface area contributed by atoms with Gasteiger partial charge < -0.3 is 19.5 Å². The summed E-state index contributed by atoms with van der Waals surface area (Å²) >= 11 is 1.61. The topological polar surface area (TPSA) is 63.5 Å². The Morgan fingerprint density at radius 2 is 2.03 bits per heavy atom. The van der Waals surface area contributed by atoms with Crippen molar-refractivity contribution in [3.05, 3.63) is 59.4 Å². The van der Waals surface area contributed by atoms with Crippen molar-refractivity contribution in [1.82, 2.24) is 5.32 Å². The first kappa shape index (κ1) is 22.4. The molecule has 0 aliphatic carbocycles. The molecule has 160 valence electrons. The highest BCUT2D eigenvalue weighted by molar-refractivity contribution is 8.00. The minimum absolute atomic E-state index is 0.00704. The fourth-order valence-electron chi connectivity index (χ4n) is 3.76. The van der Waals surface area contributed by atoms with E-state index in [1.165, 1.54) is 6.07 Å². The molecule has 0 amide bonds. The maximum Gasteiger partial charge on any atom is 0.127 e. The lowest BCUT2D eigenvalue weighted by Crippen LogP contribution is -2.42. The summed E-state index contributed by atoms with van der Waals surface area (Å²) in [7, 11) is 3.25. The van der Waals surface area contributed by atoms with Crippen LogP contribution >= 0.6 is 11.8 Å². The molecule has 2 aromatic rings. The predicted octanol–water partition coefficient (Wildman–Crippen LogP) is 3.82. The van der Waals surface area contributed by atoms with Crippen LogP contribution < -0.4 is 14.8 Å². The second kappa shape index (κ2) is 11.2. The van der Waals surface area contributed by atoms with Crippen LogP contribution in [0.3, 0.4) is 0 Å². The Morgan fingerprint density at radius 3 is 2.77 bits per heavy atom. The van der Waals surface area contributed by atoms with E-state index < -0.39 is 0 Å². The van der Waals surface area contributed by atoms with Gasteiger partial charge in [0.2, 0.25) is 0 Å². The normalized spacial score (nSPS) is 19.3. The maximum atomic E-state index is 14.4. The molecule has 0 aromatic heterocycles. The van der Waals surface area contributed by atoms with Crippen molar-refractivity contribution in [1.29, 1.82) is 5.26 Å². The monoisotopic (exact) mass is 430 g/mol. The van der Waals surface area contributed by atoms with Crippen molar-refractivity contribution < 1.29 is 18.6 Å². The van der Waals surface area contributed by atoms with Gasteiger partial charge in [0.05, 0.1) is 39.3 Å². The van der Waals surface area contributed by atoms with Gasteiger partial charge in [0.1, 0.15) is 17.3 Å². The van der Waals surface area contributed by atoms with Gasteiger partial charge in [0.25, 0.3) is 0 Å². The van der Waals surface area contributed by atoms with Gasteiger partial charge in [-0.3, -0.25) is 0 Å². The predicted molar refractivity (Wildman–Crippen MR) is 116 cm³/mol. The van der Waals surface area contributed by atoms with Gasteiger partial charge in [0.15, 0.2) is 0 Å². The van der Waals surface area contributed by atoms with Gasteiger partial charge in [-0.25, -0.2) is 4.39 Å². The molecule has 5 nitrogen and oxygen atoms in total. The molecule has 1 saturated heterocycles. The van der Waals surface area contributed by atoms with E-state index >= 15 is 0 Å². The molecular weight excluding hydrogens is 403 g/mol. The molecular formula is C23H27FN2O3S. The van der Waals surface area contributed by atoms with Crippen LogP contribution in [0.5, 0.6) is 11.5 Å². The van der Waals surface area contributed by atoms with Crippen LogP contribution in [0.4, 0.5) is 4.39 Å². The molecule has 0 saturated carbocycles. The Bertz CT molecular complexity index is 874. The average molecular weight is 431 g/mol. The fraction of sp³-hybridized carbons (Fsp3) is 0.435. The van der Waals surface area contributed by atoms with E-state index in [4.69, 9.17) is 19.5 Å². The molecule has 0 spiro atoms. The number of hydrogen-bond donors (Lipinski definition) is 1. The number of benzene rings is 2. The Kier molecular flexibility index (Phi) is 8.38. The number of thioether (sulfide) groups is 1. The largest absolute Gasteiger partial charge is 0.497 e. The first-order valence-electron chi connectivity index (χ1n) is 9.90. The summed E-state index contributed by atoms with van der Waals surface area (Å²) in [6.07, 6.45) is 0.544. The van der Waals surface area contributed by atoms with Crippen molar-refractivity contribution in [2.75, 3.05) is 33.2 Å². The SMILES string of the molecule is COc1ccc(CN[C@@H](Cc2ccccc2F)[C@H]2COC[C@@H]2SCC#N)c(OC)c1. The Labute approximate surface area is 181 Å². The number of nitrogens with zero attached hydrogens (tertiary/aromatic N) is 1. The molecule has 30 heavy (non-hydrogen) atoms. The van der Waals surface area contributed by atoms with Crippen LogP contribution in [0.15, 0.2) is 42.5 Å². The lowest BCUT2D eigenvalue weighted by molar-refractivity contribution is 0.176. The van der Waals surface area contributed by atoms with Gasteiger partial charge in [-0.15, -0.1) is 11.8 Å². The number of halogens is 1. The lowest BCUT2D eigenvalue weighted by Gasteiger charge is -2.28. The van der Waals surface area contributed by atoms with Gasteiger partial charge in [-0.2, -0.15) is 5.26 Å². The summed E-state index contributed by atoms with van der Waals surface area (Å²) < 4.78 is 30.9. The molecule has 1 fully saturated rings. The highest BCUT2D eigenvalue weighted by Gasteiger charge is 2.35. The zero-order valence-corrected chi connectivity index (χ0v) is 18.1. The first-order valence-corrected chi connectivity index (χ1v) is 10.9. The smallest absolute Gasteiger partial charge is 0.127 e. The van der Waals surface area contributed by atoms with Crippen molar-refractivity contribution in [2.24, 2.45) is 5.92 Å². The van der Waals surface area contributed by atoms with Crippen LogP contribution in [-0.4, -0.2) is 44.5 Å². The summed E-state index contributed by atoms with van der Waals surface area (Å²) in [6, 6.07) is 14.8. The number of hydrogen-bond acceptors (Lipinski definition) is 6. The number of nitriles is 1. The van der Waals surface area contributed by atoms with E-state index in [0.29, 0.717) is 37.5 Å². The summed E-state index contributed by atoms with van der Waals surface area (Å²) in [5.41, 5.74) is 1.67. The first-order chi connectivity index (χ1) is 14.7. The Morgan fingerprint density at radius 1 is 1.20 bits per heavy atom. The van der Waals surface area contributed by atoms with E-state index in [1.807, 2.05) is 30.3 Å². The van der Waals surface area contributed by atoms with Gasteiger partial charge in [-0.05, 0) is 24.1 Å². The van der Waals surface area contributed by atoms with Gasteiger partial charge in [0, 0.05) is 35.4 Å². The fourth-order valence-corrected chi connectivity index (χ4v) is 4.75. The zero-order valence-electron chi connectivity index (χ0n) is 17.3. The minimum Gasteiger partial charge on any atom is -0.497 e. The molecule has 1 heterocycles. The lowest BCUT2D eigenvalue weighted by atomic mass is 9.92. The molecule has 1 aliphatic heterocycles. The quantitative estimate of drug-likeness (QED) is 0.618. The van der Waals surface area contributed by atoms with Crippen LogP contribution in [0, 0.1) is 23.1 Å². The molecule has 1 aliphatic rings. The Hall–Kier alpha value is -2.27. The number of ether oxygens (including phenoxy) is 3. The highest BCUT2D eigenvalue weighted by atomic mass is 32.2. The van der Waals surface area contributed by atoms with Crippen LogP contribution in [0.2, 0.25) is 0 Å². The van der Waals surface area contributed by atoms with Gasteiger partial charge in [-0.1, -0.05) is 24.3 Å². The van der Waals surface area contributed by atoms with E-state index in [1.54, 1.807) is 32.0 Å². The summed E-state index contributed by atoms with van der Waals surface area (Å²) in [5.74, 6) is 1.86. The van der Waals surface area contributed by atoms with Crippen molar-refractivity contribution >= 4 is 11.8 Å². The number of rotatable bonds is 10. The summed E-state index contributed by atoms with van der Waals surface area (Å²) in [6.45, 7) is 1.77. The van der Waals surface area contributed by atoms with Crippen molar-refractivity contribution in [2.45, 2.75) is 24.3 Å². The average Bonchev–Trinajstić information content (AvgIpc) is 3.24. The zero-order chi connectivity index (χ0) is 21.3. The van der Waals surface area contributed by atoms with Crippen LogP contribution in [0.1, 0.15) is 11.1 Å². The third-order valence-electron chi connectivity index (χ3n) is 5.40. The van der Waals surface area contributed by atoms with E-state index in [2.05, 4.69) is 11.4 Å². The van der Waals surface area contributed by atoms with Crippen LogP contribution in [-0.2, 0) is 17.7 Å². The number of methoxy groups -OCH3 is 2. The van der Waals surface area contributed by atoms with Crippen molar-refractivity contribution in [3.63, 3.8) is 0 Å². The van der Waals surface area contributed by atoms with E-state index in [9.17, 15) is 4.39 Å². The molecule has 0 radical (unpaired) electrons. The molecule has 1 N–H and O–H groups in total. The second-order valence-electron chi connectivity index (χ2n) is 7.17. The Balaban J connectivity index is 1.79. The summed E-state index contributed by atoms with van der Waals surface area (Å²) in [4.78, 5) is 0. The van der Waals surface area contributed by atoms with Crippen LogP contribution in [0.25, 0.3) is 0 Å². The molecule has 7 heteroatoms. The third-order valence-corrected chi connectivity index (χ3v) is 6.60. The standard InChI is InChI=1S/C23H27FN2O3S/c1-27-18-8-7-17(22(12-18)28-2)13-26-21(11-16-5-3-4-6-20(16)24)19-14-29-15-23(19)30-10-9-25/h3-8,12,19,21,23,26H,10-11,13-15H2,1-2H3/t19-,21+,23+/m1/s1. The van der Waals surface area contributed by atoms with E-state index in [-0.39, 0.29) is 23.0 Å². The third kappa shape index (κ3) is 5.66. The van der Waals surface area contributed by atoms with E-state index in [0.717, 1.165) is 17.1 Å².